The highest BCUT2D eigenvalue weighted by atomic mass is 31.2. The standard InChI is InChI=1S/C63H122O17P2/c1-9-55(7)41-33-25-15-13-11-12-14-16-27-35-43-60(65)73-49-58(79-62(67)45-37-29-21-18-24-32-40-54(5)6)51-77-81(69,70)75-47-57(64)48-76-82(71,72)78-52-59(50-74-61(66)44-36-28-20-17-23-31-39-53(3)4)80-63(68)46-38-30-22-19-26-34-42-56(8)10-2/h53-59,64H,9-52H2,1-8H3,(H,69,70)(H,71,72)/t55?,56?,57-,58-,59-/m1/s1. The first-order chi connectivity index (χ1) is 39.2. The average molecular weight is 1210 g/mol. The Hall–Kier alpha value is -1.94. The van der Waals surface area contributed by atoms with Crippen LogP contribution in [0.15, 0.2) is 0 Å². The molecule has 0 aliphatic rings. The summed E-state index contributed by atoms with van der Waals surface area (Å²) >= 11 is 0. The van der Waals surface area contributed by atoms with Crippen molar-refractivity contribution in [3.8, 4) is 0 Å². The minimum atomic E-state index is -4.94. The first-order valence-corrected chi connectivity index (χ1v) is 35.8. The monoisotopic (exact) mass is 1210 g/mol. The third kappa shape index (κ3) is 54.7. The van der Waals surface area contributed by atoms with Gasteiger partial charge in [-0.05, 0) is 49.4 Å². The van der Waals surface area contributed by atoms with Crippen LogP contribution in [-0.4, -0.2) is 96.7 Å². The zero-order valence-electron chi connectivity index (χ0n) is 53.1. The number of phosphoric acid groups is 2. The number of carbonyl (C=O) groups excluding carboxylic acids is 4. The molecule has 486 valence electrons. The van der Waals surface area contributed by atoms with Crippen molar-refractivity contribution < 1.29 is 80.2 Å². The van der Waals surface area contributed by atoms with E-state index >= 15 is 0 Å². The highest BCUT2D eigenvalue weighted by Gasteiger charge is 2.30. The summed E-state index contributed by atoms with van der Waals surface area (Å²) in [6.45, 7) is 13.9. The fourth-order valence-corrected chi connectivity index (χ4v) is 10.8. The summed E-state index contributed by atoms with van der Waals surface area (Å²) in [5.41, 5.74) is 0. The van der Waals surface area contributed by atoms with Crippen LogP contribution in [0.5, 0.6) is 0 Å². The second kappa shape index (κ2) is 53.3. The van der Waals surface area contributed by atoms with E-state index in [4.69, 9.17) is 37.0 Å². The lowest BCUT2D eigenvalue weighted by Crippen LogP contribution is -2.30. The number of hydrogen-bond acceptors (Lipinski definition) is 15. The Morgan fingerprint density at radius 3 is 0.866 bits per heavy atom. The number of ether oxygens (including phenoxy) is 4. The molecule has 0 amide bonds. The third-order valence-corrected chi connectivity index (χ3v) is 16.9. The lowest BCUT2D eigenvalue weighted by atomic mass is 9.99. The maximum absolute atomic E-state index is 13.0. The van der Waals surface area contributed by atoms with E-state index in [0.717, 1.165) is 108 Å². The van der Waals surface area contributed by atoms with E-state index in [1.165, 1.54) is 96.3 Å². The van der Waals surface area contributed by atoms with Crippen LogP contribution in [-0.2, 0) is 65.4 Å². The molecule has 3 N–H and O–H groups in total. The molecule has 0 aromatic heterocycles. The number of hydrogen-bond donors (Lipinski definition) is 3. The number of rotatable bonds is 60. The van der Waals surface area contributed by atoms with Gasteiger partial charge in [-0.3, -0.25) is 37.3 Å². The molecule has 0 aromatic carbocycles. The molecule has 0 saturated heterocycles. The van der Waals surface area contributed by atoms with Gasteiger partial charge in [0, 0.05) is 25.7 Å². The van der Waals surface area contributed by atoms with E-state index in [0.29, 0.717) is 37.5 Å². The van der Waals surface area contributed by atoms with Gasteiger partial charge in [-0.1, -0.05) is 248 Å². The number of carbonyl (C=O) groups is 4. The Labute approximate surface area is 498 Å². The Kier molecular flexibility index (Phi) is 52.0. The first-order valence-electron chi connectivity index (χ1n) is 32.8. The van der Waals surface area contributed by atoms with E-state index in [1.807, 2.05) is 0 Å². The molecule has 0 fully saturated rings. The first kappa shape index (κ1) is 80.1. The second-order valence-corrected chi connectivity index (χ2v) is 27.1. The Morgan fingerprint density at radius 1 is 0.341 bits per heavy atom. The van der Waals surface area contributed by atoms with Crippen molar-refractivity contribution in [2.75, 3.05) is 39.6 Å². The van der Waals surface area contributed by atoms with Gasteiger partial charge in [0.1, 0.15) is 19.3 Å². The van der Waals surface area contributed by atoms with Crippen LogP contribution in [0.25, 0.3) is 0 Å². The summed E-state index contributed by atoms with van der Waals surface area (Å²) in [5.74, 6) is 0.731. The molecule has 82 heavy (non-hydrogen) atoms. The van der Waals surface area contributed by atoms with Crippen molar-refractivity contribution in [1.29, 1.82) is 0 Å². The summed E-state index contributed by atoms with van der Waals surface area (Å²) in [7, 11) is -9.89. The fourth-order valence-electron chi connectivity index (χ4n) is 9.19. The Balaban J connectivity index is 5.22. The molecule has 4 unspecified atom stereocenters. The highest BCUT2D eigenvalue weighted by molar-refractivity contribution is 7.47. The smallest absolute Gasteiger partial charge is 0.462 e. The average Bonchev–Trinajstić information content (AvgIpc) is 3.44. The van der Waals surface area contributed by atoms with Crippen molar-refractivity contribution in [2.45, 2.75) is 318 Å². The van der Waals surface area contributed by atoms with Crippen LogP contribution in [0.3, 0.4) is 0 Å². The van der Waals surface area contributed by atoms with Gasteiger partial charge in [0.05, 0.1) is 26.4 Å². The Bertz CT molecular complexity index is 1650. The zero-order chi connectivity index (χ0) is 61.1. The van der Waals surface area contributed by atoms with Gasteiger partial charge in [-0.25, -0.2) is 9.13 Å². The van der Waals surface area contributed by atoms with E-state index in [9.17, 15) is 43.2 Å². The molecular formula is C63H122O17P2. The predicted octanol–water partition coefficient (Wildman–Crippen LogP) is 17.0. The maximum atomic E-state index is 13.0. The van der Waals surface area contributed by atoms with E-state index in [-0.39, 0.29) is 25.7 Å². The van der Waals surface area contributed by atoms with Crippen LogP contribution in [0.1, 0.15) is 299 Å². The number of aliphatic hydroxyl groups excluding tert-OH is 1. The summed E-state index contributed by atoms with van der Waals surface area (Å²) < 4.78 is 67.9. The van der Waals surface area contributed by atoms with Gasteiger partial charge in [-0.15, -0.1) is 0 Å². The lowest BCUT2D eigenvalue weighted by molar-refractivity contribution is -0.161. The Morgan fingerprint density at radius 2 is 0.585 bits per heavy atom. The van der Waals surface area contributed by atoms with E-state index < -0.39 is 97.5 Å². The minimum absolute atomic E-state index is 0.101. The molecule has 0 aliphatic carbocycles. The number of esters is 4. The zero-order valence-corrected chi connectivity index (χ0v) is 54.9. The summed E-state index contributed by atoms with van der Waals surface area (Å²) in [6, 6.07) is 0. The lowest BCUT2D eigenvalue weighted by Gasteiger charge is -2.21. The third-order valence-electron chi connectivity index (χ3n) is 15.0. The molecule has 0 aromatic rings. The second-order valence-electron chi connectivity index (χ2n) is 24.2. The fraction of sp³-hybridized carbons (Fsp3) is 0.937. The van der Waals surface area contributed by atoms with Gasteiger partial charge in [0.2, 0.25) is 0 Å². The highest BCUT2D eigenvalue weighted by Crippen LogP contribution is 2.45. The van der Waals surface area contributed by atoms with Crippen molar-refractivity contribution in [2.24, 2.45) is 23.7 Å². The topological polar surface area (TPSA) is 237 Å². The molecule has 0 rings (SSSR count). The van der Waals surface area contributed by atoms with Gasteiger partial charge in [0.25, 0.3) is 0 Å². The molecule has 7 atom stereocenters. The van der Waals surface area contributed by atoms with Gasteiger partial charge in [0.15, 0.2) is 12.2 Å². The maximum Gasteiger partial charge on any atom is 0.472 e. The largest absolute Gasteiger partial charge is 0.472 e. The number of aliphatic hydroxyl groups is 1. The van der Waals surface area contributed by atoms with Gasteiger partial charge >= 0.3 is 39.5 Å². The molecule has 19 heteroatoms. The quantitative estimate of drug-likeness (QED) is 0.0222. The predicted molar refractivity (Wildman–Crippen MR) is 326 cm³/mol. The number of unbranched alkanes of at least 4 members (excludes halogenated alkanes) is 24. The van der Waals surface area contributed by atoms with Gasteiger partial charge in [-0.2, -0.15) is 0 Å². The molecule has 0 heterocycles. The summed E-state index contributed by atoms with van der Waals surface area (Å²) in [5, 5.41) is 10.5. The normalized spacial score (nSPS) is 15.1. The van der Waals surface area contributed by atoms with Crippen molar-refractivity contribution in [3.63, 3.8) is 0 Å². The molecule has 0 saturated carbocycles. The summed E-state index contributed by atoms with van der Waals surface area (Å²) in [6.07, 6.45) is 32.4. The van der Waals surface area contributed by atoms with Crippen molar-refractivity contribution >= 4 is 39.5 Å². The molecule has 0 radical (unpaired) electrons. The molecule has 0 bridgehead atoms. The van der Waals surface area contributed by atoms with Crippen LogP contribution in [0.2, 0.25) is 0 Å². The van der Waals surface area contributed by atoms with Crippen LogP contribution in [0, 0.1) is 23.7 Å². The molecule has 0 aliphatic heterocycles. The number of phosphoric ester groups is 2. The van der Waals surface area contributed by atoms with Crippen molar-refractivity contribution in [1.82, 2.24) is 0 Å². The van der Waals surface area contributed by atoms with Crippen LogP contribution in [0.4, 0.5) is 0 Å². The van der Waals surface area contributed by atoms with Crippen molar-refractivity contribution in [3.05, 3.63) is 0 Å². The van der Waals surface area contributed by atoms with Gasteiger partial charge < -0.3 is 33.8 Å². The molecule has 0 spiro atoms. The van der Waals surface area contributed by atoms with Crippen LogP contribution >= 0.6 is 15.6 Å². The summed E-state index contributed by atoms with van der Waals surface area (Å²) in [4.78, 5) is 72.1. The molecular weight excluding hydrogens is 1090 g/mol. The minimum Gasteiger partial charge on any atom is -0.462 e. The molecule has 17 nitrogen and oxygen atoms in total. The SMILES string of the molecule is CCC(C)CCCCCCCCCCCCC(=O)OC[C@H](COP(=O)(O)OC[C@@H](O)COP(=O)(O)OC[C@@H](COC(=O)CCCCCCCCC(C)C)OC(=O)CCCCCCCCC(C)CC)OC(=O)CCCCCCCCC(C)C. The van der Waals surface area contributed by atoms with Crippen LogP contribution < -0.4 is 0 Å². The van der Waals surface area contributed by atoms with E-state index in [2.05, 4.69) is 55.4 Å². The van der Waals surface area contributed by atoms with E-state index in [1.54, 1.807) is 0 Å².